The molecule has 0 N–H and O–H groups in total. The third-order valence-electron chi connectivity index (χ3n) is 4.11. The molecule has 2 nitrogen and oxygen atoms in total. The molecule has 1 fully saturated rings. The smallest absolute Gasteiger partial charge is 0.299 e. The van der Waals surface area contributed by atoms with Gasteiger partial charge in [0.15, 0.2) is 0 Å². The maximum atomic E-state index is 13.5. The van der Waals surface area contributed by atoms with Crippen LogP contribution >= 0.6 is 0 Å². The van der Waals surface area contributed by atoms with Gasteiger partial charge in [0.05, 0.1) is 11.5 Å². The van der Waals surface area contributed by atoms with Gasteiger partial charge in [-0.25, -0.2) is 4.39 Å². The minimum Gasteiger partial charge on any atom is -0.299 e. The lowest BCUT2D eigenvalue weighted by atomic mass is 9.94. The molecule has 2 rings (SSSR count). The molecule has 1 aliphatic rings. The maximum Gasteiger partial charge on any atom is 0.419 e. The molecule has 1 aromatic carbocycles. The van der Waals surface area contributed by atoms with Crippen molar-refractivity contribution in [2.45, 2.75) is 26.4 Å². The number of Topliss-reactive ketones (excluding diaryl/α,β-unsaturated/α-hetero) is 2. The molecule has 0 radical (unpaired) electrons. The standard InChI is InChI=1S/C15H14F4O2/c1-7-8(2)14(21)10(13(7)20)5-9-3-4-11(12(16)6-9)15(17,18)19/h3-4,6-8,10H,5H2,1-2H3. The minimum atomic E-state index is -4.76. The van der Waals surface area contributed by atoms with Crippen molar-refractivity contribution in [3.63, 3.8) is 0 Å². The molecule has 0 heterocycles. The lowest BCUT2D eigenvalue weighted by Gasteiger charge is -2.11. The van der Waals surface area contributed by atoms with Crippen LogP contribution in [-0.2, 0) is 22.2 Å². The summed E-state index contributed by atoms with van der Waals surface area (Å²) < 4.78 is 50.9. The molecular formula is C15H14F4O2. The molecule has 6 heteroatoms. The second kappa shape index (κ2) is 5.24. The highest BCUT2D eigenvalue weighted by Gasteiger charge is 2.44. The Morgan fingerprint density at radius 3 is 2.00 bits per heavy atom. The highest BCUT2D eigenvalue weighted by Crippen LogP contribution is 2.34. The van der Waals surface area contributed by atoms with E-state index in [2.05, 4.69) is 0 Å². The molecule has 0 bridgehead atoms. The van der Waals surface area contributed by atoms with E-state index in [-0.39, 0.29) is 23.6 Å². The molecule has 0 aromatic heterocycles. The second-order valence-corrected chi connectivity index (χ2v) is 5.45. The zero-order chi connectivity index (χ0) is 15.9. The lowest BCUT2D eigenvalue weighted by Crippen LogP contribution is -2.19. The van der Waals surface area contributed by atoms with Crippen LogP contribution in [0.4, 0.5) is 17.6 Å². The van der Waals surface area contributed by atoms with Crippen molar-refractivity contribution < 1.29 is 27.2 Å². The first kappa shape index (κ1) is 15.7. The number of carbonyl (C=O) groups is 2. The number of rotatable bonds is 2. The summed E-state index contributed by atoms with van der Waals surface area (Å²) in [5.74, 6) is -3.53. The highest BCUT2D eigenvalue weighted by atomic mass is 19.4. The van der Waals surface area contributed by atoms with Crippen molar-refractivity contribution in [3.05, 3.63) is 35.1 Å². The van der Waals surface area contributed by atoms with Crippen molar-refractivity contribution in [2.24, 2.45) is 17.8 Å². The Hall–Kier alpha value is -1.72. The Morgan fingerprint density at radius 1 is 1.05 bits per heavy atom. The van der Waals surface area contributed by atoms with Gasteiger partial charge in [-0.3, -0.25) is 9.59 Å². The van der Waals surface area contributed by atoms with E-state index in [1.165, 1.54) is 0 Å². The molecular weight excluding hydrogens is 288 g/mol. The lowest BCUT2D eigenvalue weighted by molar-refractivity contribution is -0.140. The van der Waals surface area contributed by atoms with Crippen LogP contribution in [0.5, 0.6) is 0 Å². The van der Waals surface area contributed by atoms with Crippen molar-refractivity contribution in [2.75, 3.05) is 0 Å². The molecule has 1 aliphatic carbocycles. The molecule has 0 aliphatic heterocycles. The van der Waals surface area contributed by atoms with Crippen LogP contribution in [0.1, 0.15) is 25.0 Å². The first-order chi connectivity index (χ1) is 9.62. The zero-order valence-corrected chi connectivity index (χ0v) is 11.5. The van der Waals surface area contributed by atoms with Crippen molar-refractivity contribution in [1.29, 1.82) is 0 Å². The largest absolute Gasteiger partial charge is 0.419 e. The van der Waals surface area contributed by atoms with E-state index in [0.29, 0.717) is 6.07 Å². The van der Waals surface area contributed by atoms with E-state index in [1.807, 2.05) is 0 Å². The Morgan fingerprint density at radius 2 is 1.57 bits per heavy atom. The maximum absolute atomic E-state index is 13.5. The molecule has 0 amide bonds. The molecule has 114 valence electrons. The Labute approximate surface area is 119 Å². The number of carbonyl (C=O) groups excluding carboxylic acids is 2. The van der Waals surface area contributed by atoms with E-state index < -0.39 is 35.3 Å². The number of halogens is 4. The van der Waals surface area contributed by atoms with E-state index in [0.717, 1.165) is 12.1 Å². The third kappa shape index (κ3) is 2.84. The quantitative estimate of drug-likeness (QED) is 0.619. The van der Waals surface area contributed by atoms with Crippen LogP contribution in [-0.4, -0.2) is 11.6 Å². The van der Waals surface area contributed by atoms with Gasteiger partial charge in [-0.1, -0.05) is 19.9 Å². The molecule has 2 atom stereocenters. The van der Waals surface area contributed by atoms with Crippen LogP contribution in [0, 0.1) is 23.6 Å². The van der Waals surface area contributed by atoms with E-state index in [4.69, 9.17) is 0 Å². The van der Waals surface area contributed by atoms with Gasteiger partial charge in [0.25, 0.3) is 0 Å². The summed E-state index contributed by atoms with van der Waals surface area (Å²) in [4.78, 5) is 23.9. The Kier molecular flexibility index (Phi) is 3.91. The SMILES string of the molecule is CC1C(=O)C(Cc2ccc(C(F)(F)F)c(F)c2)C(=O)C1C. The van der Waals surface area contributed by atoms with Gasteiger partial charge < -0.3 is 0 Å². The Balaban J connectivity index is 2.24. The van der Waals surface area contributed by atoms with Crippen molar-refractivity contribution in [1.82, 2.24) is 0 Å². The highest BCUT2D eigenvalue weighted by molar-refractivity contribution is 6.11. The van der Waals surface area contributed by atoms with E-state index in [1.54, 1.807) is 13.8 Å². The molecule has 1 saturated carbocycles. The van der Waals surface area contributed by atoms with Gasteiger partial charge in [-0.15, -0.1) is 0 Å². The molecule has 0 saturated heterocycles. The minimum absolute atomic E-state index is 0.0542. The summed E-state index contributed by atoms with van der Waals surface area (Å²) in [6, 6.07) is 2.50. The van der Waals surface area contributed by atoms with Crippen molar-refractivity contribution in [3.8, 4) is 0 Å². The molecule has 0 spiro atoms. The number of hydrogen-bond donors (Lipinski definition) is 0. The van der Waals surface area contributed by atoms with Crippen LogP contribution < -0.4 is 0 Å². The number of ketones is 2. The average molecular weight is 302 g/mol. The second-order valence-electron chi connectivity index (χ2n) is 5.45. The van der Waals surface area contributed by atoms with Crippen LogP contribution in [0.2, 0.25) is 0 Å². The fourth-order valence-corrected chi connectivity index (χ4v) is 2.62. The number of alkyl halides is 3. The van der Waals surface area contributed by atoms with Gasteiger partial charge in [0, 0.05) is 11.8 Å². The van der Waals surface area contributed by atoms with Crippen LogP contribution in [0.15, 0.2) is 18.2 Å². The fraction of sp³-hybridized carbons (Fsp3) is 0.467. The summed E-state index contributed by atoms with van der Waals surface area (Å²) in [5.41, 5.74) is -1.13. The van der Waals surface area contributed by atoms with Gasteiger partial charge in [-0.05, 0) is 24.1 Å². The van der Waals surface area contributed by atoms with Crippen LogP contribution in [0.3, 0.4) is 0 Å². The van der Waals surface area contributed by atoms with Gasteiger partial charge in [-0.2, -0.15) is 13.2 Å². The summed E-state index contributed by atoms with van der Waals surface area (Å²) in [7, 11) is 0. The summed E-state index contributed by atoms with van der Waals surface area (Å²) in [6.45, 7) is 3.30. The first-order valence-corrected chi connectivity index (χ1v) is 6.56. The first-order valence-electron chi connectivity index (χ1n) is 6.56. The van der Waals surface area contributed by atoms with Gasteiger partial charge in [0.1, 0.15) is 17.4 Å². The number of hydrogen-bond acceptors (Lipinski definition) is 2. The monoisotopic (exact) mass is 302 g/mol. The molecule has 21 heavy (non-hydrogen) atoms. The van der Waals surface area contributed by atoms with E-state index in [9.17, 15) is 27.2 Å². The van der Waals surface area contributed by atoms with Crippen LogP contribution in [0.25, 0.3) is 0 Å². The third-order valence-corrected chi connectivity index (χ3v) is 4.11. The average Bonchev–Trinajstić information content (AvgIpc) is 2.55. The van der Waals surface area contributed by atoms with Gasteiger partial charge in [0.2, 0.25) is 0 Å². The topological polar surface area (TPSA) is 34.1 Å². The predicted octanol–water partition coefficient (Wildman–Crippen LogP) is 3.43. The van der Waals surface area contributed by atoms with Gasteiger partial charge >= 0.3 is 6.18 Å². The summed E-state index contributed by atoms with van der Waals surface area (Å²) in [5, 5.41) is 0. The fourth-order valence-electron chi connectivity index (χ4n) is 2.62. The summed E-state index contributed by atoms with van der Waals surface area (Å²) in [6.07, 6.45) is -4.81. The normalized spacial score (nSPS) is 26.5. The molecule has 1 aromatic rings. The number of benzene rings is 1. The zero-order valence-electron chi connectivity index (χ0n) is 11.5. The molecule has 2 unspecified atom stereocenters. The Bertz CT molecular complexity index is 572. The summed E-state index contributed by atoms with van der Waals surface area (Å²) >= 11 is 0. The van der Waals surface area contributed by atoms with Crippen molar-refractivity contribution >= 4 is 11.6 Å². The predicted molar refractivity (Wildman–Crippen MR) is 66.9 cm³/mol. The van der Waals surface area contributed by atoms with E-state index >= 15 is 0 Å².